The third kappa shape index (κ3) is 7.51. The second-order valence-corrected chi connectivity index (χ2v) is 7.53. The van der Waals surface area contributed by atoms with Crippen LogP contribution in [0.5, 0.6) is 0 Å². The average Bonchev–Trinajstić information content (AvgIpc) is 2.63. The second kappa shape index (κ2) is 12.0. The Balaban J connectivity index is 2.64. The summed E-state index contributed by atoms with van der Waals surface area (Å²) in [5, 5.41) is 3.85. The lowest BCUT2D eigenvalue weighted by Crippen LogP contribution is -2.48. The molecule has 0 bridgehead atoms. The van der Waals surface area contributed by atoms with E-state index in [2.05, 4.69) is 5.32 Å². The standard InChI is InChI=1S/C20H28Cl2N2O3/c1-4-5-8-18(24(3)13-25)19(14(2)26)20(27)23-11-6-7-15-9-10-16(21)17(22)12-15/h9-10,12-13,18-19H,4-8,11H2,1-3H3,(H,23,27). The molecule has 0 fully saturated rings. The van der Waals surface area contributed by atoms with Crippen molar-refractivity contribution >= 4 is 41.3 Å². The number of ketones is 1. The van der Waals surface area contributed by atoms with E-state index in [1.807, 2.05) is 19.1 Å². The highest BCUT2D eigenvalue weighted by atomic mass is 35.5. The fraction of sp³-hybridized carbons (Fsp3) is 0.550. The molecule has 1 rings (SSSR count). The molecule has 1 aromatic carbocycles. The molecule has 0 radical (unpaired) electrons. The van der Waals surface area contributed by atoms with E-state index < -0.39 is 12.0 Å². The number of rotatable bonds is 12. The van der Waals surface area contributed by atoms with E-state index in [-0.39, 0.29) is 11.7 Å². The molecular weight excluding hydrogens is 387 g/mol. The summed E-state index contributed by atoms with van der Waals surface area (Å²) in [4.78, 5) is 37.3. The number of carbonyl (C=O) groups excluding carboxylic acids is 3. The van der Waals surface area contributed by atoms with Crippen LogP contribution in [0.25, 0.3) is 0 Å². The summed E-state index contributed by atoms with van der Waals surface area (Å²) in [6, 6.07) is 5.03. The average molecular weight is 415 g/mol. The molecule has 5 nitrogen and oxygen atoms in total. The Bertz CT molecular complexity index is 652. The fourth-order valence-corrected chi connectivity index (χ4v) is 3.36. The van der Waals surface area contributed by atoms with Crippen LogP contribution in [0.15, 0.2) is 18.2 Å². The number of hydrogen-bond donors (Lipinski definition) is 1. The fourth-order valence-electron chi connectivity index (χ4n) is 3.04. The Morgan fingerprint density at radius 3 is 2.48 bits per heavy atom. The van der Waals surface area contributed by atoms with Crippen molar-refractivity contribution in [2.75, 3.05) is 13.6 Å². The molecule has 2 atom stereocenters. The van der Waals surface area contributed by atoms with Gasteiger partial charge in [-0.3, -0.25) is 14.4 Å². The molecule has 1 N–H and O–H groups in total. The lowest BCUT2D eigenvalue weighted by atomic mass is 9.90. The summed E-state index contributed by atoms with van der Waals surface area (Å²) in [7, 11) is 1.61. The van der Waals surface area contributed by atoms with Gasteiger partial charge in [0.2, 0.25) is 12.3 Å². The van der Waals surface area contributed by atoms with E-state index in [0.717, 1.165) is 24.8 Å². The maximum absolute atomic E-state index is 12.6. The molecule has 0 saturated heterocycles. The summed E-state index contributed by atoms with van der Waals surface area (Å²) in [6.45, 7) is 3.87. The van der Waals surface area contributed by atoms with Gasteiger partial charge in [-0.1, -0.05) is 49.0 Å². The highest BCUT2D eigenvalue weighted by Crippen LogP contribution is 2.23. The molecule has 0 spiro atoms. The summed E-state index contributed by atoms with van der Waals surface area (Å²) in [5.74, 6) is -1.41. The number of aryl methyl sites for hydroxylation is 1. The Kier molecular flexibility index (Phi) is 10.4. The van der Waals surface area contributed by atoms with E-state index in [9.17, 15) is 14.4 Å². The number of nitrogens with one attached hydrogen (secondary N) is 1. The summed E-state index contributed by atoms with van der Waals surface area (Å²) in [6.07, 6.45) is 4.50. The number of carbonyl (C=O) groups is 3. The Hall–Kier alpha value is -1.59. The van der Waals surface area contributed by atoms with E-state index in [4.69, 9.17) is 23.2 Å². The van der Waals surface area contributed by atoms with Gasteiger partial charge in [0, 0.05) is 19.6 Å². The predicted molar refractivity (Wildman–Crippen MR) is 109 cm³/mol. The summed E-state index contributed by atoms with van der Waals surface area (Å²) < 4.78 is 0. The van der Waals surface area contributed by atoms with Crippen molar-refractivity contribution < 1.29 is 14.4 Å². The smallest absolute Gasteiger partial charge is 0.232 e. The Morgan fingerprint density at radius 1 is 1.22 bits per heavy atom. The highest BCUT2D eigenvalue weighted by molar-refractivity contribution is 6.42. The van der Waals surface area contributed by atoms with Gasteiger partial charge in [-0.25, -0.2) is 0 Å². The first-order valence-corrected chi connectivity index (χ1v) is 9.96. The maximum Gasteiger partial charge on any atom is 0.232 e. The van der Waals surface area contributed by atoms with E-state index in [0.29, 0.717) is 35.8 Å². The number of unbranched alkanes of at least 4 members (excludes halogenated alkanes) is 1. The first-order chi connectivity index (χ1) is 12.8. The third-order valence-corrected chi connectivity index (χ3v) is 5.31. The van der Waals surface area contributed by atoms with Crippen molar-refractivity contribution in [2.24, 2.45) is 5.92 Å². The van der Waals surface area contributed by atoms with E-state index in [1.54, 1.807) is 13.1 Å². The molecule has 0 aromatic heterocycles. The topological polar surface area (TPSA) is 66.5 Å². The molecule has 27 heavy (non-hydrogen) atoms. The normalized spacial score (nSPS) is 12.9. The van der Waals surface area contributed by atoms with Crippen LogP contribution >= 0.6 is 23.2 Å². The van der Waals surface area contributed by atoms with Crippen LogP contribution in [-0.4, -0.2) is 42.6 Å². The van der Waals surface area contributed by atoms with Gasteiger partial charge in [0.25, 0.3) is 0 Å². The van der Waals surface area contributed by atoms with Gasteiger partial charge in [-0.05, 0) is 43.9 Å². The largest absolute Gasteiger partial charge is 0.355 e. The van der Waals surface area contributed by atoms with Crippen molar-refractivity contribution in [3.63, 3.8) is 0 Å². The molecule has 0 heterocycles. The van der Waals surface area contributed by atoms with Crippen LogP contribution in [0.1, 0.15) is 45.1 Å². The maximum atomic E-state index is 12.6. The van der Waals surface area contributed by atoms with Crippen LogP contribution in [-0.2, 0) is 20.8 Å². The van der Waals surface area contributed by atoms with Crippen LogP contribution < -0.4 is 5.32 Å². The predicted octanol–water partition coefficient (Wildman–Crippen LogP) is 3.89. The van der Waals surface area contributed by atoms with E-state index >= 15 is 0 Å². The molecule has 150 valence electrons. The van der Waals surface area contributed by atoms with Gasteiger partial charge in [-0.15, -0.1) is 0 Å². The molecule has 7 heteroatoms. The van der Waals surface area contributed by atoms with Crippen molar-refractivity contribution in [3.05, 3.63) is 33.8 Å². The molecule has 0 aliphatic heterocycles. The second-order valence-electron chi connectivity index (χ2n) is 6.71. The number of benzene rings is 1. The number of nitrogens with zero attached hydrogens (tertiary/aromatic N) is 1. The minimum atomic E-state index is -0.850. The lowest BCUT2D eigenvalue weighted by Gasteiger charge is -2.30. The molecule has 2 amide bonds. The summed E-state index contributed by atoms with van der Waals surface area (Å²) >= 11 is 11.9. The molecule has 1 aromatic rings. The van der Waals surface area contributed by atoms with Gasteiger partial charge in [0.1, 0.15) is 11.7 Å². The zero-order chi connectivity index (χ0) is 20.4. The Morgan fingerprint density at radius 2 is 1.93 bits per heavy atom. The van der Waals surface area contributed by atoms with Gasteiger partial charge in [0.15, 0.2) is 0 Å². The molecular formula is C20H28Cl2N2O3. The molecule has 2 unspecified atom stereocenters. The zero-order valence-electron chi connectivity index (χ0n) is 16.1. The number of Topliss-reactive ketones (excluding diaryl/α,β-unsaturated/α-hetero) is 1. The van der Waals surface area contributed by atoms with Crippen LogP contribution in [0.4, 0.5) is 0 Å². The minimum absolute atomic E-state index is 0.230. The van der Waals surface area contributed by atoms with Crippen LogP contribution in [0.2, 0.25) is 10.0 Å². The van der Waals surface area contributed by atoms with Gasteiger partial charge in [-0.2, -0.15) is 0 Å². The number of hydrogen-bond acceptors (Lipinski definition) is 3. The van der Waals surface area contributed by atoms with Crippen LogP contribution in [0.3, 0.4) is 0 Å². The van der Waals surface area contributed by atoms with Crippen molar-refractivity contribution in [3.8, 4) is 0 Å². The van der Waals surface area contributed by atoms with Gasteiger partial charge >= 0.3 is 0 Å². The number of amides is 2. The third-order valence-electron chi connectivity index (χ3n) is 4.57. The SMILES string of the molecule is CCCCC(C(C(C)=O)C(=O)NCCCc1ccc(Cl)c(Cl)c1)N(C)C=O. The summed E-state index contributed by atoms with van der Waals surface area (Å²) in [5.41, 5.74) is 1.03. The highest BCUT2D eigenvalue weighted by Gasteiger charge is 2.34. The minimum Gasteiger partial charge on any atom is -0.355 e. The van der Waals surface area contributed by atoms with Crippen LogP contribution in [0, 0.1) is 5.92 Å². The first-order valence-electron chi connectivity index (χ1n) is 9.21. The lowest BCUT2D eigenvalue weighted by molar-refractivity contribution is -0.137. The number of halogens is 2. The Labute approximate surface area is 171 Å². The van der Waals surface area contributed by atoms with Crippen molar-refractivity contribution in [1.82, 2.24) is 10.2 Å². The van der Waals surface area contributed by atoms with Gasteiger partial charge < -0.3 is 10.2 Å². The van der Waals surface area contributed by atoms with Gasteiger partial charge in [0.05, 0.1) is 10.0 Å². The monoisotopic (exact) mass is 414 g/mol. The van der Waals surface area contributed by atoms with E-state index in [1.165, 1.54) is 11.8 Å². The first kappa shape index (κ1) is 23.4. The quantitative estimate of drug-likeness (QED) is 0.320. The molecule has 0 aliphatic rings. The van der Waals surface area contributed by atoms with Crippen molar-refractivity contribution in [2.45, 2.75) is 52.0 Å². The zero-order valence-corrected chi connectivity index (χ0v) is 17.6. The molecule has 0 aliphatic carbocycles. The molecule has 0 saturated carbocycles. The van der Waals surface area contributed by atoms with Crippen molar-refractivity contribution in [1.29, 1.82) is 0 Å².